The van der Waals surface area contributed by atoms with E-state index < -0.39 is 0 Å². The van der Waals surface area contributed by atoms with Gasteiger partial charge in [-0.1, -0.05) is 19.1 Å². The first-order valence-electron chi connectivity index (χ1n) is 6.26. The van der Waals surface area contributed by atoms with E-state index in [1.807, 2.05) is 10.9 Å². The molecule has 0 radical (unpaired) electrons. The van der Waals surface area contributed by atoms with Gasteiger partial charge in [-0.3, -0.25) is 4.68 Å². The molecule has 3 nitrogen and oxygen atoms in total. The molecular weight excluding hydrogens is 210 g/mol. The zero-order chi connectivity index (χ0) is 11.7. The minimum atomic E-state index is 0.989. The number of fused-ring (bicyclic) bond motifs is 1. The smallest absolute Gasteiger partial charge is 0.0568 e. The fourth-order valence-electron chi connectivity index (χ4n) is 2.33. The largest absolute Gasteiger partial charge is 0.384 e. The fraction of sp³-hybridized carbons (Fsp3) is 0.357. The number of aromatic nitrogens is 2. The highest BCUT2D eigenvalue weighted by Gasteiger charge is 2.11. The maximum Gasteiger partial charge on any atom is 0.0568 e. The molecule has 88 valence electrons. The number of nitrogens with one attached hydrogen (secondary N) is 1. The summed E-state index contributed by atoms with van der Waals surface area (Å²) in [6, 6.07) is 6.65. The van der Waals surface area contributed by atoms with Crippen LogP contribution in [-0.2, 0) is 13.0 Å². The van der Waals surface area contributed by atoms with Gasteiger partial charge >= 0.3 is 0 Å². The van der Waals surface area contributed by atoms with Gasteiger partial charge in [0.15, 0.2) is 0 Å². The van der Waals surface area contributed by atoms with Crippen LogP contribution in [-0.4, -0.2) is 16.3 Å². The van der Waals surface area contributed by atoms with E-state index in [0.717, 1.165) is 25.9 Å². The molecule has 17 heavy (non-hydrogen) atoms. The molecule has 0 fully saturated rings. The summed E-state index contributed by atoms with van der Waals surface area (Å²) in [6.07, 6.45) is 6.34. The minimum absolute atomic E-state index is 0.989. The van der Waals surface area contributed by atoms with E-state index in [2.05, 4.69) is 41.7 Å². The van der Waals surface area contributed by atoms with Gasteiger partial charge in [0, 0.05) is 30.5 Å². The Bertz CT molecular complexity index is 528. The van der Waals surface area contributed by atoms with Crippen molar-refractivity contribution in [3.63, 3.8) is 0 Å². The van der Waals surface area contributed by atoms with Crippen LogP contribution in [0.25, 0.3) is 11.1 Å². The van der Waals surface area contributed by atoms with Crippen LogP contribution in [0.4, 0.5) is 5.69 Å². The molecule has 1 aliphatic heterocycles. The van der Waals surface area contributed by atoms with Crippen molar-refractivity contribution in [2.75, 3.05) is 11.9 Å². The van der Waals surface area contributed by atoms with Crippen LogP contribution in [0.15, 0.2) is 30.6 Å². The topological polar surface area (TPSA) is 29.9 Å². The first kappa shape index (κ1) is 10.4. The lowest BCUT2D eigenvalue weighted by atomic mass is 10.1. The molecule has 1 N–H and O–H groups in total. The molecule has 0 spiro atoms. The van der Waals surface area contributed by atoms with E-state index in [0.29, 0.717) is 0 Å². The number of benzene rings is 1. The molecule has 2 aromatic rings. The summed E-state index contributed by atoms with van der Waals surface area (Å²) in [6.45, 7) is 4.22. The van der Waals surface area contributed by atoms with Crippen LogP contribution in [0, 0.1) is 0 Å². The number of anilines is 1. The van der Waals surface area contributed by atoms with Crippen LogP contribution < -0.4 is 5.32 Å². The molecule has 0 atom stereocenters. The summed E-state index contributed by atoms with van der Waals surface area (Å²) < 4.78 is 2.01. The first-order valence-corrected chi connectivity index (χ1v) is 6.26. The van der Waals surface area contributed by atoms with Crippen LogP contribution in [0.1, 0.15) is 18.9 Å². The average molecular weight is 227 g/mol. The first-order chi connectivity index (χ1) is 8.36. The Hall–Kier alpha value is -1.77. The summed E-state index contributed by atoms with van der Waals surface area (Å²) in [4.78, 5) is 0. The highest BCUT2D eigenvalue weighted by Crippen LogP contribution is 2.28. The van der Waals surface area contributed by atoms with E-state index in [4.69, 9.17) is 0 Å². The van der Waals surface area contributed by atoms with E-state index in [-0.39, 0.29) is 0 Å². The third kappa shape index (κ3) is 1.93. The maximum absolute atomic E-state index is 4.37. The molecule has 1 aromatic heterocycles. The average Bonchev–Trinajstić information content (AvgIpc) is 2.96. The van der Waals surface area contributed by atoms with E-state index >= 15 is 0 Å². The van der Waals surface area contributed by atoms with Crippen molar-refractivity contribution >= 4 is 5.69 Å². The number of hydrogen-bond donors (Lipinski definition) is 1. The lowest BCUT2D eigenvalue weighted by Crippen LogP contribution is -1.95. The third-order valence-corrected chi connectivity index (χ3v) is 3.24. The molecule has 1 aliphatic rings. The summed E-state index contributed by atoms with van der Waals surface area (Å²) >= 11 is 0. The molecule has 0 unspecified atom stereocenters. The van der Waals surface area contributed by atoms with Crippen molar-refractivity contribution in [2.45, 2.75) is 26.3 Å². The van der Waals surface area contributed by atoms with Crippen LogP contribution in [0.5, 0.6) is 0 Å². The lowest BCUT2D eigenvalue weighted by Gasteiger charge is -2.02. The summed E-state index contributed by atoms with van der Waals surface area (Å²) in [5, 5.41) is 7.79. The molecule has 0 saturated carbocycles. The molecule has 0 saturated heterocycles. The molecule has 3 rings (SSSR count). The summed E-state index contributed by atoms with van der Waals surface area (Å²) in [5.41, 5.74) is 5.16. The number of nitrogens with zero attached hydrogens (tertiary/aromatic N) is 2. The van der Waals surface area contributed by atoms with Crippen molar-refractivity contribution in [3.8, 4) is 11.1 Å². The molecular formula is C14H17N3. The summed E-state index contributed by atoms with van der Waals surface area (Å²) in [7, 11) is 0. The zero-order valence-electron chi connectivity index (χ0n) is 10.1. The zero-order valence-corrected chi connectivity index (χ0v) is 10.1. The van der Waals surface area contributed by atoms with Gasteiger partial charge < -0.3 is 5.32 Å². The van der Waals surface area contributed by atoms with Crippen LogP contribution >= 0.6 is 0 Å². The Morgan fingerprint density at radius 3 is 3.18 bits per heavy atom. The monoisotopic (exact) mass is 227 g/mol. The highest BCUT2D eigenvalue weighted by molar-refractivity contribution is 5.70. The van der Waals surface area contributed by atoms with Crippen molar-refractivity contribution < 1.29 is 0 Å². The van der Waals surface area contributed by atoms with Gasteiger partial charge in [0.1, 0.15) is 0 Å². The second kappa shape index (κ2) is 4.24. The Kier molecular flexibility index (Phi) is 2.59. The Labute approximate surface area is 101 Å². The molecule has 3 heteroatoms. The maximum atomic E-state index is 4.37. The van der Waals surface area contributed by atoms with Crippen molar-refractivity contribution in [2.24, 2.45) is 0 Å². The van der Waals surface area contributed by atoms with Gasteiger partial charge in [-0.15, -0.1) is 0 Å². The normalized spacial score (nSPS) is 13.5. The van der Waals surface area contributed by atoms with Gasteiger partial charge in [-0.2, -0.15) is 5.10 Å². The number of aryl methyl sites for hydroxylation is 1. The SMILES string of the molecule is CCCn1cc(-c2ccc3c(c2)NCC3)cn1. The van der Waals surface area contributed by atoms with Gasteiger partial charge in [-0.05, 0) is 30.0 Å². The predicted octanol–water partition coefficient (Wildman–Crippen LogP) is 2.93. The molecule has 0 bridgehead atoms. The van der Waals surface area contributed by atoms with E-state index in [1.54, 1.807) is 0 Å². The predicted molar refractivity (Wildman–Crippen MR) is 70.1 cm³/mol. The van der Waals surface area contributed by atoms with E-state index in [9.17, 15) is 0 Å². The van der Waals surface area contributed by atoms with Crippen molar-refractivity contribution in [1.82, 2.24) is 9.78 Å². The number of rotatable bonds is 3. The molecule has 1 aromatic carbocycles. The Morgan fingerprint density at radius 2 is 2.29 bits per heavy atom. The second-order valence-electron chi connectivity index (χ2n) is 4.54. The molecule has 0 amide bonds. The quantitative estimate of drug-likeness (QED) is 0.873. The van der Waals surface area contributed by atoms with Crippen molar-refractivity contribution in [3.05, 3.63) is 36.2 Å². The summed E-state index contributed by atoms with van der Waals surface area (Å²) in [5.74, 6) is 0. The van der Waals surface area contributed by atoms with Gasteiger partial charge in [0.25, 0.3) is 0 Å². The standard InChI is InChI=1S/C14H17N3/c1-2-7-17-10-13(9-16-17)12-4-3-11-5-6-15-14(11)8-12/h3-4,8-10,15H,2,5-7H2,1H3. The van der Waals surface area contributed by atoms with E-state index in [1.165, 1.54) is 22.4 Å². The van der Waals surface area contributed by atoms with Crippen molar-refractivity contribution in [1.29, 1.82) is 0 Å². The van der Waals surface area contributed by atoms with Gasteiger partial charge in [0.2, 0.25) is 0 Å². The fourth-order valence-corrected chi connectivity index (χ4v) is 2.33. The van der Waals surface area contributed by atoms with Gasteiger partial charge in [0.05, 0.1) is 6.20 Å². The van der Waals surface area contributed by atoms with Crippen LogP contribution in [0.3, 0.4) is 0 Å². The second-order valence-corrected chi connectivity index (χ2v) is 4.54. The van der Waals surface area contributed by atoms with Crippen LogP contribution in [0.2, 0.25) is 0 Å². The Balaban J connectivity index is 1.92. The molecule has 0 aliphatic carbocycles. The Morgan fingerprint density at radius 1 is 1.35 bits per heavy atom. The molecule has 2 heterocycles. The third-order valence-electron chi connectivity index (χ3n) is 3.24. The minimum Gasteiger partial charge on any atom is -0.384 e. The number of hydrogen-bond acceptors (Lipinski definition) is 2. The van der Waals surface area contributed by atoms with Gasteiger partial charge in [-0.25, -0.2) is 0 Å². The highest BCUT2D eigenvalue weighted by atomic mass is 15.3. The lowest BCUT2D eigenvalue weighted by molar-refractivity contribution is 0.603.